The zero-order valence-electron chi connectivity index (χ0n) is 14.6. The lowest BCUT2D eigenvalue weighted by molar-refractivity contribution is 0.0934. The molecule has 0 radical (unpaired) electrons. The zero-order valence-corrected chi connectivity index (χ0v) is 14.6. The Morgan fingerprint density at radius 2 is 2.04 bits per heavy atom. The van der Waals surface area contributed by atoms with Gasteiger partial charge in [-0.3, -0.25) is 14.6 Å². The van der Waals surface area contributed by atoms with Crippen LogP contribution in [0.25, 0.3) is 0 Å². The maximum atomic E-state index is 13.0. The van der Waals surface area contributed by atoms with Crippen LogP contribution >= 0.6 is 0 Å². The fourth-order valence-corrected chi connectivity index (χ4v) is 3.32. The monoisotopic (exact) mass is 341 g/mol. The highest BCUT2D eigenvalue weighted by Gasteiger charge is 2.24. The second-order valence-electron chi connectivity index (χ2n) is 6.31. The molecule has 1 amide bonds. The van der Waals surface area contributed by atoms with Crippen LogP contribution in [-0.4, -0.2) is 22.6 Å². The van der Waals surface area contributed by atoms with Crippen molar-refractivity contribution >= 4 is 5.91 Å². The molecule has 6 heteroatoms. The molecule has 0 aliphatic carbocycles. The largest absolute Gasteiger partial charge is 0.496 e. The van der Waals surface area contributed by atoms with Gasteiger partial charge in [0.05, 0.1) is 13.2 Å². The summed E-state index contributed by atoms with van der Waals surface area (Å²) >= 11 is 0. The summed E-state index contributed by atoms with van der Waals surface area (Å²) in [5, 5.41) is 3.02. The van der Waals surface area contributed by atoms with Crippen LogP contribution in [0.15, 0.2) is 35.4 Å². The van der Waals surface area contributed by atoms with Gasteiger partial charge in [-0.25, -0.2) is 0 Å². The van der Waals surface area contributed by atoms with E-state index in [-0.39, 0.29) is 17.5 Å². The van der Waals surface area contributed by atoms with Gasteiger partial charge in [0.2, 0.25) is 0 Å². The summed E-state index contributed by atoms with van der Waals surface area (Å²) in [6, 6.07) is 5.00. The minimum Gasteiger partial charge on any atom is -0.496 e. The van der Waals surface area contributed by atoms with Crippen molar-refractivity contribution in [2.24, 2.45) is 0 Å². The van der Waals surface area contributed by atoms with E-state index in [2.05, 4.69) is 10.3 Å². The van der Waals surface area contributed by atoms with E-state index in [1.807, 2.05) is 19.1 Å². The van der Waals surface area contributed by atoms with Crippen molar-refractivity contribution in [1.29, 1.82) is 0 Å². The molecule has 3 heterocycles. The molecule has 1 N–H and O–H groups in total. The fraction of sp³-hybridized carbons (Fsp3) is 0.421. The molecule has 1 aliphatic heterocycles. The molecular formula is C19H23N3O3. The number of fused-ring (bicyclic) bond motifs is 1. The minimum atomic E-state index is -0.216. The third kappa shape index (κ3) is 3.57. The number of nitrogens with zero attached hydrogens (tertiary/aromatic N) is 2. The first-order valence-electron chi connectivity index (χ1n) is 8.63. The average molecular weight is 341 g/mol. The number of ether oxygens (including phenoxy) is 1. The van der Waals surface area contributed by atoms with Gasteiger partial charge >= 0.3 is 0 Å². The number of hydrogen-bond acceptors (Lipinski definition) is 4. The Kier molecular flexibility index (Phi) is 5.16. The van der Waals surface area contributed by atoms with Gasteiger partial charge in [0.1, 0.15) is 11.3 Å². The highest BCUT2D eigenvalue weighted by molar-refractivity contribution is 5.98. The number of carbonyl (C=O) groups is 1. The Labute approximate surface area is 146 Å². The normalized spacial score (nSPS) is 15.0. The zero-order chi connectivity index (χ0) is 17.8. The van der Waals surface area contributed by atoms with E-state index >= 15 is 0 Å². The van der Waals surface area contributed by atoms with Crippen LogP contribution in [0.4, 0.5) is 0 Å². The second-order valence-corrected chi connectivity index (χ2v) is 6.31. The van der Waals surface area contributed by atoms with Crippen LogP contribution in [0.5, 0.6) is 5.75 Å². The van der Waals surface area contributed by atoms with Crippen molar-refractivity contribution in [3.8, 4) is 5.75 Å². The highest BCUT2D eigenvalue weighted by atomic mass is 16.5. The number of nitrogens with one attached hydrogen (secondary N) is 1. The quantitative estimate of drug-likeness (QED) is 0.927. The third-order valence-corrected chi connectivity index (χ3v) is 4.68. The van der Waals surface area contributed by atoms with Crippen molar-refractivity contribution in [2.75, 3.05) is 7.11 Å². The Bertz CT molecular complexity index is 815. The molecule has 132 valence electrons. The topological polar surface area (TPSA) is 73.2 Å². The van der Waals surface area contributed by atoms with Crippen LogP contribution in [0.2, 0.25) is 0 Å². The molecule has 0 bridgehead atoms. The lowest BCUT2D eigenvalue weighted by Crippen LogP contribution is -2.32. The van der Waals surface area contributed by atoms with E-state index in [1.54, 1.807) is 17.0 Å². The predicted molar refractivity (Wildman–Crippen MR) is 94.9 cm³/mol. The lowest BCUT2D eigenvalue weighted by Gasteiger charge is -2.20. The maximum Gasteiger partial charge on any atom is 0.257 e. The van der Waals surface area contributed by atoms with Crippen LogP contribution in [0, 0.1) is 0 Å². The van der Waals surface area contributed by atoms with E-state index in [4.69, 9.17) is 4.74 Å². The molecule has 0 fully saturated rings. The number of methoxy groups -OCH3 is 1. The summed E-state index contributed by atoms with van der Waals surface area (Å²) in [4.78, 5) is 29.3. The molecule has 0 saturated carbocycles. The molecule has 0 unspecified atom stereocenters. The number of hydrogen-bond donors (Lipinski definition) is 1. The Hall–Kier alpha value is -2.63. The Balaban J connectivity index is 1.97. The molecule has 25 heavy (non-hydrogen) atoms. The molecule has 1 atom stereocenters. The first-order valence-corrected chi connectivity index (χ1v) is 8.63. The maximum absolute atomic E-state index is 13.0. The lowest BCUT2D eigenvalue weighted by atomic mass is 10.0. The van der Waals surface area contributed by atoms with E-state index in [1.165, 1.54) is 13.2 Å². The highest BCUT2D eigenvalue weighted by Crippen LogP contribution is 2.25. The van der Waals surface area contributed by atoms with Gasteiger partial charge in [-0.15, -0.1) is 0 Å². The van der Waals surface area contributed by atoms with Crippen LogP contribution in [0.3, 0.4) is 0 Å². The van der Waals surface area contributed by atoms with E-state index in [0.29, 0.717) is 24.3 Å². The van der Waals surface area contributed by atoms with Gasteiger partial charge in [-0.2, -0.15) is 0 Å². The number of pyridine rings is 2. The van der Waals surface area contributed by atoms with Crippen LogP contribution in [-0.2, 0) is 13.0 Å². The van der Waals surface area contributed by atoms with Gasteiger partial charge in [-0.1, -0.05) is 6.42 Å². The van der Waals surface area contributed by atoms with Gasteiger partial charge < -0.3 is 14.6 Å². The predicted octanol–water partition coefficient (Wildman–Crippen LogP) is 2.47. The number of rotatable bonds is 4. The first kappa shape index (κ1) is 17.2. The van der Waals surface area contributed by atoms with Crippen LogP contribution < -0.4 is 15.6 Å². The molecule has 0 saturated heterocycles. The average Bonchev–Trinajstić information content (AvgIpc) is 2.88. The number of amides is 1. The molecule has 6 nitrogen and oxygen atoms in total. The summed E-state index contributed by atoms with van der Waals surface area (Å²) in [6.45, 7) is 2.58. The Morgan fingerprint density at radius 1 is 1.28 bits per heavy atom. The summed E-state index contributed by atoms with van der Waals surface area (Å²) in [5.74, 6) is 0.129. The molecule has 1 aliphatic rings. The van der Waals surface area contributed by atoms with Crippen molar-refractivity contribution in [2.45, 2.75) is 45.2 Å². The third-order valence-electron chi connectivity index (χ3n) is 4.68. The van der Waals surface area contributed by atoms with Gasteiger partial charge in [0.15, 0.2) is 0 Å². The smallest absolute Gasteiger partial charge is 0.257 e. The summed E-state index contributed by atoms with van der Waals surface area (Å²) in [6.07, 6.45) is 7.08. The van der Waals surface area contributed by atoms with Gasteiger partial charge in [0.25, 0.3) is 11.5 Å². The molecule has 0 spiro atoms. The van der Waals surface area contributed by atoms with Gasteiger partial charge in [0, 0.05) is 30.7 Å². The molecular weight excluding hydrogens is 318 g/mol. The molecule has 0 aromatic carbocycles. The van der Waals surface area contributed by atoms with Crippen molar-refractivity contribution < 1.29 is 9.53 Å². The van der Waals surface area contributed by atoms with E-state index < -0.39 is 0 Å². The van der Waals surface area contributed by atoms with E-state index in [0.717, 1.165) is 30.5 Å². The minimum absolute atomic E-state index is 0.104. The van der Waals surface area contributed by atoms with Gasteiger partial charge in [-0.05, 0) is 43.9 Å². The van der Waals surface area contributed by atoms with Crippen molar-refractivity contribution in [3.63, 3.8) is 0 Å². The first-order chi connectivity index (χ1) is 12.1. The standard InChI is InChI=1S/C19H23N3O3/c1-13(14-7-9-20-10-8-14)21-19(24)18-15-6-4-3-5-11-22(15)17(23)12-16(18)25-2/h7-10,12-13H,3-6,11H2,1-2H3,(H,21,24)/t13-/m1/s1. The fourth-order valence-electron chi connectivity index (χ4n) is 3.32. The molecule has 2 aromatic heterocycles. The van der Waals surface area contributed by atoms with Crippen LogP contribution in [0.1, 0.15) is 53.8 Å². The second kappa shape index (κ2) is 7.51. The SMILES string of the molecule is COc1cc(=O)n2c(c1C(=O)N[C@H](C)c1ccncc1)CCCCC2. The Morgan fingerprint density at radius 3 is 2.76 bits per heavy atom. The molecule has 3 rings (SSSR count). The summed E-state index contributed by atoms with van der Waals surface area (Å²) in [7, 11) is 1.49. The number of carbonyl (C=O) groups excluding carboxylic acids is 1. The van der Waals surface area contributed by atoms with E-state index in [9.17, 15) is 9.59 Å². The number of aromatic nitrogens is 2. The molecule has 2 aromatic rings. The van der Waals surface area contributed by atoms with Crippen molar-refractivity contribution in [1.82, 2.24) is 14.9 Å². The van der Waals surface area contributed by atoms with Crippen molar-refractivity contribution in [3.05, 3.63) is 57.8 Å². The summed E-state index contributed by atoms with van der Waals surface area (Å²) < 4.78 is 7.08. The summed E-state index contributed by atoms with van der Waals surface area (Å²) in [5.41, 5.74) is 2.13.